The summed E-state index contributed by atoms with van der Waals surface area (Å²) in [5, 5.41) is 5.46. The zero-order valence-electron chi connectivity index (χ0n) is 16.2. The molecular weight excluding hydrogens is 372 g/mol. The Balaban J connectivity index is 1.58. The highest BCUT2D eigenvalue weighted by Gasteiger charge is 2.13. The van der Waals surface area contributed by atoms with Crippen molar-refractivity contribution in [2.24, 2.45) is 0 Å². The van der Waals surface area contributed by atoms with Gasteiger partial charge in [0.05, 0.1) is 7.11 Å². The van der Waals surface area contributed by atoms with E-state index in [1.807, 2.05) is 19.1 Å². The molecule has 0 unspecified atom stereocenters. The van der Waals surface area contributed by atoms with Crippen molar-refractivity contribution in [3.05, 3.63) is 77.7 Å². The van der Waals surface area contributed by atoms with Crippen LogP contribution in [-0.2, 0) is 6.61 Å². The third-order valence-corrected chi connectivity index (χ3v) is 4.07. The van der Waals surface area contributed by atoms with E-state index in [1.165, 1.54) is 0 Å². The number of rotatable bonds is 8. The number of furan rings is 1. The van der Waals surface area contributed by atoms with Crippen LogP contribution < -0.4 is 20.1 Å². The molecule has 2 amide bonds. The lowest BCUT2D eigenvalue weighted by molar-refractivity contribution is 0.0954. The van der Waals surface area contributed by atoms with Crippen LogP contribution in [0.2, 0.25) is 0 Å². The molecule has 0 aliphatic carbocycles. The predicted octanol–water partition coefficient (Wildman–Crippen LogP) is 3.87. The summed E-state index contributed by atoms with van der Waals surface area (Å²) >= 11 is 0. The SMILES string of the molecule is CCNC(=O)c1ccc(NC(=O)c2ccc(COc3ccccc3OC)o2)cc1. The summed E-state index contributed by atoms with van der Waals surface area (Å²) in [6.45, 7) is 2.57. The molecule has 0 aliphatic heterocycles. The average Bonchev–Trinajstić information content (AvgIpc) is 3.22. The third-order valence-electron chi connectivity index (χ3n) is 4.07. The molecule has 0 saturated heterocycles. The molecule has 0 spiro atoms. The standard InChI is InChI=1S/C22H22N2O5/c1-3-23-21(25)15-8-10-16(11-9-15)24-22(26)20-13-12-17(29-20)14-28-19-7-5-4-6-18(19)27-2/h4-13H,3,14H2,1-2H3,(H,23,25)(H,24,26). The van der Waals surface area contributed by atoms with Gasteiger partial charge in [-0.15, -0.1) is 0 Å². The van der Waals surface area contributed by atoms with Crippen molar-refractivity contribution in [2.45, 2.75) is 13.5 Å². The molecule has 0 saturated carbocycles. The molecule has 150 valence electrons. The lowest BCUT2D eigenvalue weighted by Crippen LogP contribution is -2.22. The lowest BCUT2D eigenvalue weighted by Gasteiger charge is -2.08. The van der Waals surface area contributed by atoms with E-state index >= 15 is 0 Å². The number of para-hydroxylation sites is 2. The van der Waals surface area contributed by atoms with Gasteiger partial charge in [-0.05, 0) is 55.5 Å². The number of ether oxygens (including phenoxy) is 2. The summed E-state index contributed by atoms with van der Waals surface area (Å²) in [7, 11) is 1.57. The Morgan fingerprint density at radius 2 is 1.66 bits per heavy atom. The minimum Gasteiger partial charge on any atom is -0.493 e. The maximum Gasteiger partial charge on any atom is 0.291 e. The largest absolute Gasteiger partial charge is 0.493 e. The van der Waals surface area contributed by atoms with Gasteiger partial charge in [-0.1, -0.05) is 12.1 Å². The van der Waals surface area contributed by atoms with Crippen molar-refractivity contribution in [1.82, 2.24) is 5.32 Å². The number of benzene rings is 2. The smallest absolute Gasteiger partial charge is 0.291 e. The minimum atomic E-state index is -0.390. The highest BCUT2D eigenvalue weighted by molar-refractivity contribution is 6.02. The zero-order valence-corrected chi connectivity index (χ0v) is 16.2. The first kappa shape index (κ1) is 20.0. The van der Waals surface area contributed by atoms with Crippen molar-refractivity contribution in [2.75, 3.05) is 19.0 Å². The molecule has 7 heteroatoms. The third kappa shape index (κ3) is 5.16. The van der Waals surface area contributed by atoms with Crippen LogP contribution >= 0.6 is 0 Å². The van der Waals surface area contributed by atoms with E-state index in [1.54, 1.807) is 55.6 Å². The monoisotopic (exact) mass is 394 g/mol. The second-order valence-corrected chi connectivity index (χ2v) is 6.10. The van der Waals surface area contributed by atoms with Gasteiger partial charge >= 0.3 is 0 Å². The number of methoxy groups -OCH3 is 1. The summed E-state index contributed by atoms with van der Waals surface area (Å²) in [5.74, 6) is 1.33. The molecule has 7 nitrogen and oxygen atoms in total. The van der Waals surface area contributed by atoms with E-state index in [0.717, 1.165) is 0 Å². The number of hydrogen-bond acceptors (Lipinski definition) is 5. The van der Waals surface area contributed by atoms with Gasteiger partial charge < -0.3 is 24.5 Å². The van der Waals surface area contributed by atoms with Crippen molar-refractivity contribution >= 4 is 17.5 Å². The summed E-state index contributed by atoms with van der Waals surface area (Å²) in [6.07, 6.45) is 0. The van der Waals surface area contributed by atoms with Gasteiger partial charge in [0, 0.05) is 17.8 Å². The molecular formula is C22H22N2O5. The topological polar surface area (TPSA) is 89.8 Å². The quantitative estimate of drug-likeness (QED) is 0.605. The Morgan fingerprint density at radius 3 is 2.34 bits per heavy atom. The number of amides is 2. The molecule has 0 bridgehead atoms. The van der Waals surface area contributed by atoms with Crippen LogP contribution in [0.1, 0.15) is 33.6 Å². The summed E-state index contributed by atoms with van der Waals surface area (Å²) in [5.41, 5.74) is 1.09. The Hall–Kier alpha value is -3.74. The average molecular weight is 394 g/mol. The summed E-state index contributed by atoms with van der Waals surface area (Å²) in [4.78, 5) is 24.2. The molecule has 2 N–H and O–H groups in total. The number of hydrogen-bond donors (Lipinski definition) is 2. The molecule has 1 heterocycles. The molecule has 0 aliphatic rings. The van der Waals surface area contributed by atoms with Crippen molar-refractivity contribution in [1.29, 1.82) is 0 Å². The molecule has 1 aromatic heterocycles. The van der Waals surface area contributed by atoms with Gasteiger partial charge in [0.2, 0.25) is 0 Å². The number of anilines is 1. The van der Waals surface area contributed by atoms with E-state index in [4.69, 9.17) is 13.9 Å². The molecule has 3 rings (SSSR count). The number of carbonyl (C=O) groups excluding carboxylic acids is 2. The molecule has 0 radical (unpaired) electrons. The van der Waals surface area contributed by atoms with Gasteiger partial charge in [-0.2, -0.15) is 0 Å². The maximum atomic E-state index is 12.4. The summed E-state index contributed by atoms with van der Waals surface area (Å²) < 4.78 is 16.5. The van der Waals surface area contributed by atoms with Crippen LogP contribution in [0.3, 0.4) is 0 Å². The highest BCUT2D eigenvalue weighted by atomic mass is 16.5. The number of nitrogens with one attached hydrogen (secondary N) is 2. The van der Waals surface area contributed by atoms with Gasteiger partial charge in [0.25, 0.3) is 11.8 Å². The fourth-order valence-corrected chi connectivity index (χ4v) is 2.62. The maximum absolute atomic E-state index is 12.4. The van der Waals surface area contributed by atoms with Gasteiger partial charge in [-0.3, -0.25) is 9.59 Å². The molecule has 0 atom stereocenters. The van der Waals surface area contributed by atoms with Crippen LogP contribution in [0.25, 0.3) is 0 Å². The zero-order chi connectivity index (χ0) is 20.6. The minimum absolute atomic E-state index is 0.156. The Bertz CT molecular complexity index is 979. The number of carbonyl (C=O) groups is 2. The fraction of sp³-hybridized carbons (Fsp3) is 0.182. The van der Waals surface area contributed by atoms with Crippen LogP contribution in [0, 0.1) is 0 Å². The lowest BCUT2D eigenvalue weighted by atomic mass is 10.2. The van der Waals surface area contributed by atoms with Crippen molar-refractivity contribution < 1.29 is 23.5 Å². The first-order valence-corrected chi connectivity index (χ1v) is 9.15. The predicted molar refractivity (Wildman–Crippen MR) is 108 cm³/mol. The normalized spacial score (nSPS) is 10.3. The molecule has 29 heavy (non-hydrogen) atoms. The highest BCUT2D eigenvalue weighted by Crippen LogP contribution is 2.27. The van der Waals surface area contributed by atoms with Crippen molar-refractivity contribution in [3.63, 3.8) is 0 Å². The van der Waals surface area contributed by atoms with Gasteiger partial charge in [0.15, 0.2) is 17.3 Å². The second kappa shape index (κ2) is 9.45. The first-order chi connectivity index (χ1) is 14.1. The van der Waals surface area contributed by atoms with E-state index in [9.17, 15) is 9.59 Å². The van der Waals surface area contributed by atoms with E-state index in [2.05, 4.69) is 10.6 Å². The fourth-order valence-electron chi connectivity index (χ4n) is 2.62. The Labute approximate surface area is 168 Å². The van der Waals surface area contributed by atoms with Crippen LogP contribution in [0.5, 0.6) is 11.5 Å². The second-order valence-electron chi connectivity index (χ2n) is 6.10. The Kier molecular flexibility index (Phi) is 6.52. The van der Waals surface area contributed by atoms with E-state index in [0.29, 0.717) is 35.1 Å². The summed E-state index contributed by atoms with van der Waals surface area (Å²) in [6, 6.07) is 17.2. The van der Waals surface area contributed by atoms with Gasteiger partial charge in [0.1, 0.15) is 12.4 Å². The van der Waals surface area contributed by atoms with E-state index in [-0.39, 0.29) is 24.2 Å². The molecule has 0 fully saturated rings. The van der Waals surface area contributed by atoms with Crippen LogP contribution in [0.15, 0.2) is 65.1 Å². The molecule has 2 aromatic carbocycles. The Morgan fingerprint density at radius 1 is 0.931 bits per heavy atom. The van der Waals surface area contributed by atoms with Crippen molar-refractivity contribution in [3.8, 4) is 11.5 Å². The van der Waals surface area contributed by atoms with Crippen LogP contribution in [0.4, 0.5) is 5.69 Å². The van der Waals surface area contributed by atoms with Gasteiger partial charge in [-0.25, -0.2) is 0 Å². The van der Waals surface area contributed by atoms with E-state index < -0.39 is 0 Å². The molecule has 3 aromatic rings. The van der Waals surface area contributed by atoms with Crippen LogP contribution in [-0.4, -0.2) is 25.5 Å². The first-order valence-electron chi connectivity index (χ1n) is 9.15.